The van der Waals surface area contributed by atoms with Crippen molar-refractivity contribution in [2.75, 3.05) is 13.2 Å². The van der Waals surface area contributed by atoms with Crippen molar-refractivity contribution in [2.45, 2.75) is 43.9 Å². The molecule has 0 spiro atoms. The second kappa shape index (κ2) is 10.1. The lowest BCUT2D eigenvalue weighted by Crippen LogP contribution is -2.68. The highest BCUT2D eigenvalue weighted by Gasteiger charge is 2.52. The maximum absolute atomic E-state index is 12.0. The molecule has 0 saturated carbocycles. The number of nitrogens with one attached hydrogen (secondary N) is 1. The molecular formula is C23H25NO8. The molecule has 2 N–H and O–H groups in total. The molecule has 0 radical (unpaired) electrons. The molecule has 0 aromatic heterocycles. The van der Waals surface area contributed by atoms with E-state index in [0.717, 1.165) is 5.56 Å². The van der Waals surface area contributed by atoms with E-state index in [2.05, 4.69) is 5.32 Å². The number of carbonyl (C=O) groups is 2. The van der Waals surface area contributed by atoms with Crippen LogP contribution >= 0.6 is 0 Å². The molecule has 32 heavy (non-hydrogen) atoms. The zero-order chi connectivity index (χ0) is 22.5. The van der Waals surface area contributed by atoms with Crippen molar-refractivity contribution in [1.29, 1.82) is 0 Å². The lowest BCUT2D eigenvalue weighted by molar-refractivity contribution is -0.337. The van der Waals surface area contributed by atoms with E-state index in [-0.39, 0.29) is 12.5 Å². The van der Waals surface area contributed by atoms with Crippen LogP contribution in [0.4, 0.5) is 0 Å². The van der Waals surface area contributed by atoms with Crippen molar-refractivity contribution >= 4 is 11.9 Å². The predicted octanol–water partition coefficient (Wildman–Crippen LogP) is 1.88. The number of aliphatic carboxylic acids is 1. The molecule has 2 saturated heterocycles. The van der Waals surface area contributed by atoms with Gasteiger partial charge in [-0.1, -0.05) is 48.5 Å². The van der Waals surface area contributed by atoms with E-state index in [1.54, 1.807) is 12.1 Å². The van der Waals surface area contributed by atoms with Crippen molar-refractivity contribution in [2.24, 2.45) is 0 Å². The zero-order valence-electron chi connectivity index (χ0n) is 17.5. The fraction of sp³-hybridized carbons (Fsp3) is 0.391. The van der Waals surface area contributed by atoms with Crippen LogP contribution in [0.15, 0.2) is 60.7 Å². The summed E-state index contributed by atoms with van der Waals surface area (Å²) in [6.45, 7) is 0.971. The van der Waals surface area contributed by atoms with Crippen molar-refractivity contribution in [1.82, 2.24) is 5.32 Å². The fourth-order valence-corrected chi connectivity index (χ4v) is 3.84. The molecule has 2 aromatic carbocycles. The first kappa shape index (κ1) is 22.2. The molecular weight excluding hydrogens is 418 g/mol. The Bertz CT molecular complexity index is 909. The third-order valence-corrected chi connectivity index (χ3v) is 5.18. The summed E-state index contributed by atoms with van der Waals surface area (Å²) in [4.78, 5) is 23.2. The Morgan fingerprint density at radius 2 is 1.75 bits per heavy atom. The number of para-hydroxylation sites is 1. The minimum absolute atomic E-state index is 0.179. The third kappa shape index (κ3) is 5.25. The lowest BCUT2D eigenvalue weighted by atomic mass is 9.95. The molecule has 2 heterocycles. The second-order valence-corrected chi connectivity index (χ2v) is 7.55. The van der Waals surface area contributed by atoms with Gasteiger partial charge in [-0.15, -0.1) is 0 Å². The summed E-state index contributed by atoms with van der Waals surface area (Å²) in [7, 11) is 0. The van der Waals surface area contributed by atoms with Gasteiger partial charge in [-0.05, 0) is 12.1 Å². The number of hydrogen-bond acceptors (Lipinski definition) is 7. The van der Waals surface area contributed by atoms with Crippen LogP contribution in [0.2, 0.25) is 0 Å². The number of carbonyl (C=O) groups excluding carboxylic acids is 1. The normalized spacial score (nSPS) is 29.5. The highest BCUT2D eigenvalue weighted by molar-refractivity contribution is 5.73. The van der Waals surface area contributed by atoms with Gasteiger partial charge in [-0.25, -0.2) is 4.79 Å². The fourth-order valence-electron chi connectivity index (χ4n) is 3.84. The Morgan fingerprint density at radius 1 is 1.06 bits per heavy atom. The van der Waals surface area contributed by atoms with E-state index < -0.39 is 49.5 Å². The number of ether oxygens (including phenoxy) is 5. The van der Waals surface area contributed by atoms with Crippen LogP contribution in [-0.4, -0.2) is 60.8 Å². The number of amides is 1. The molecule has 2 fully saturated rings. The molecule has 6 unspecified atom stereocenters. The average molecular weight is 443 g/mol. The quantitative estimate of drug-likeness (QED) is 0.667. The summed E-state index contributed by atoms with van der Waals surface area (Å²) in [5, 5.41) is 12.0. The first-order valence-corrected chi connectivity index (χ1v) is 10.3. The van der Waals surface area contributed by atoms with Gasteiger partial charge >= 0.3 is 5.97 Å². The van der Waals surface area contributed by atoms with E-state index >= 15 is 0 Å². The van der Waals surface area contributed by atoms with Crippen LogP contribution in [0, 0.1) is 0 Å². The Labute approximate surface area is 185 Å². The van der Waals surface area contributed by atoms with Gasteiger partial charge in [0.15, 0.2) is 6.29 Å². The summed E-state index contributed by atoms with van der Waals surface area (Å²) >= 11 is 0. The second-order valence-electron chi connectivity index (χ2n) is 7.55. The molecule has 0 aliphatic carbocycles. The van der Waals surface area contributed by atoms with Gasteiger partial charge in [0, 0.05) is 12.5 Å². The minimum atomic E-state index is -1.14. The molecule has 9 nitrogen and oxygen atoms in total. The molecule has 170 valence electrons. The van der Waals surface area contributed by atoms with Crippen LogP contribution in [-0.2, 0) is 28.5 Å². The number of rotatable bonds is 7. The summed E-state index contributed by atoms with van der Waals surface area (Å²) in [6, 6.07) is 17.5. The van der Waals surface area contributed by atoms with E-state index in [0.29, 0.717) is 5.75 Å². The Morgan fingerprint density at radius 3 is 2.41 bits per heavy atom. The molecule has 0 bridgehead atoms. The van der Waals surface area contributed by atoms with Crippen LogP contribution in [0.1, 0.15) is 18.8 Å². The first-order chi connectivity index (χ1) is 15.5. The van der Waals surface area contributed by atoms with Crippen LogP contribution < -0.4 is 10.1 Å². The van der Waals surface area contributed by atoms with E-state index in [1.807, 2.05) is 48.5 Å². The first-order valence-electron chi connectivity index (χ1n) is 10.3. The number of fused-ring (bicyclic) bond motifs is 1. The monoisotopic (exact) mass is 443 g/mol. The van der Waals surface area contributed by atoms with E-state index in [1.165, 1.54) is 6.92 Å². The molecule has 2 aromatic rings. The van der Waals surface area contributed by atoms with Gasteiger partial charge in [0.05, 0.1) is 6.61 Å². The highest BCUT2D eigenvalue weighted by Crippen LogP contribution is 2.36. The molecule has 9 heteroatoms. The van der Waals surface area contributed by atoms with Crippen molar-refractivity contribution in [3.8, 4) is 5.75 Å². The smallest absolute Gasteiger partial charge is 0.329 e. The summed E-state index contributed by atoms with van der Waals surface area (Å²) in [5.74, 6) is -0.945. The summed E-state index contributed by atoms with van der Waals surface area (Å²) in [6.07, 6.45) is -3.76. The number of carboxylic acid groups (broad SMARTS) is 1. The largest absolute Gasteiger partial charge is 0.480 e. The maximum Gasteiger partial charge on any atom is 0.329 e. The lowest BCUT2D eigenvalue weighted by Gasteiger charge is -2.49. The van der Waals surface area contributed by atoms with E-state index in [9.17, 15) is 14.7 Å². The minimum Gasteiger partial charge on any atom is -0.480 e. The third-order valence-electron chi connectivity index (χ3n) is 5.18. The number of hydrogen-bond donors (Lipinski definition) is 2. The molecule has 2 aliphatic heterocycles. The van der Waals surface area contributed by atoms with Crippen LogP contribution in [0.3, 0.4) is 0 Å². The van der Waals surface area contributed by atoms with Crippen molar-refractivity contribution in [3.63, 3.8) is 0 Å². The van der Waals surface area contributed by atoms with Gasteiger partial charge in [-0.3, -0.25) is 4.79 Å². The number of carboxylic acids is 1. The topological polar surface area (TPSA) is 113 Å². The van der Waals surface area contributed by atoms with Crippen molar-refractivity contribution < 1.29 is 38.4 Å². The SMILES string of the molecule is CC(=O)NC1C(Oc2ccccc2)OC2COC(c3ccccc3)OC2C1OCC(=O)O. The van der Waals surface area contributed by atoms with Gasteiger partial charge < -0.3 is 34.1 Å². The van der Waals surface area contributed by atoms with Gasteiger partial charge in [0.2, 0.25) is 12.2 Å². The molecule has 4 rings (SSSR count). The highest BCUT2D eigenvalue weighted by atomic mass is 16.8. The number of benzene rings is 2. The standard InChI is InChI=1S/C23H25NO8/c1-14(25)24-19-21(28-13-18(26)27)20-17(31-23(19)30-16-10-6-3-7-11-16)12-29-22(32-20)15-8-4-2-5-9-15/h2-11,17,19-23H,12-13H2,1H3,(H,24,25)(H,26,27). The Hall–Kier alpha value is -2.98. The van der Waals surface area contributed by atoms with Gasteiger partial charge in [0.25, 0.3) is 0 Å². The maximum atomic E-state index is 12.0. The molecule has 6 atom stereocenters. The average Bonchev–Trinajstić information content (AvgIpc) is 2.79. The Kier molecular flexibility index (Phi) is 7.01. The summed E-state index contributed by atoms with van der Waals surface area (Å²) in [5.41, 5.74) is 0.807. The van der Waals surface area contributed by atoms with E-state index in [4.69, 9.17) is 23.7 Å². The van der Waals surface area contributed by atoms with Gasteiger partial charge in [0.1, 0.15) is 36.7 Å². The van der Waals surface area contributed by atoms with Crippen LogP contribution in [0.25, 0.3) is 0 Å². The zero-order valence-corrected chi connectivity index (χ0v) is 17.5. The summed E-state index contributed by atoms with van der Waals surface area (Å²) < 4.78 is 29.9. The van der Waals surface area contributed by atoms with Crippen LogP contribution in [0.5, 0.6) is 5.75 Å². The Balaban J connectivity index is 1.61. The predicted molar refractivity (Wildman–Crippen MR) is 111 cm³/mol. The van der Waals surface area contributed by atoms with Crippen molar-refractivity contribution in [3.05, 3.63) is 66.2 Å². The van der Waals surface area contributed by atoms with Gasteiger partial charge in [-0.2, -0.15) is 0 Å². The molecule has 2 aliphatic rings. The molecule has 1 amide bonds.